The van der Waals surface area contributed by atoms with Crippen LogP contribution in [0.5, 0.6) is 0 Å². The summed E-state index contributed by atoms with van der Waals surface area (Å²) in [6, 6.07) is 6.24. The lowest BCUT2D eigenvalue weighted by molar-refractivity contribution is 0.131. The molecule has 2 aliphatic heterocycles. The van der Waals surface area contributed by atoms with Gasteiger partial charge in [0.05, 0.1) is 6.26 Å². The first-order valence-electron chi connectivity index (χ1n) is 7.70. The van der Waals surface area contributed by atoms with Gasteiger partial charge in [0.1, 0.15) is 5.76 Å². The van der Waals surface area contributed by atoms with Crippen LogP contribution in [-0.2, 0) is 6.42 Å². The molecule has 0 aliphatic carbocycles. The van der Waals surface area contributed by atoms with Gasteiger partial charge in [0, 0.05) is 24.5 Å². The normalized spacial score (nSPS) is 32.6. The second kappa shape index (κ2) is 5.68. The summed E-state index contributed by atoms with van der Waals surface area (Å²) in [7, 11) is 2.31. The van der Waals surface area contributed by atoms with Crippen molar-refractivity contribution in [3.05, 3.63) is 24.2 Å². The fourth-order valence-corrected chi connectivity index (χ4v) is 3.86. The Bertz CT molecular complexity index is 375. The number of rotatable bonds is 5. The minimum Gasteiger partial charge on any atom is -0.469 e. The Labute approximate surface area is 116 Å². The van der Waals surface area contributed by atoms with E-state index in [0.717, 1.165) is 30.2 Å². The number of nitrogens with one attached hydrogen (secondary N) is 1. The molecule has 0 amide bonds. The van der Waals surface area contributed by atoms with E-state index < -0.39 is 0 Å². The highest BCUT2D eigenvalue weighted by atomic mass is 16.3. The van der Waals surface area contributed by atoms with Crippen LogP contribution in [0.2, 0.25) is 0 Å². The molecule has 1 aromatic rings. The van der Waals surface area contributed by atoms with Crippen LogP contribution in [0.15, 0.2) is 22.8 Å². The largest absolute Gasteiger partial charge is 0.469 e. The van der Waals surface area contributed by atoms with Gasteiger partial charge in [-0.2, -0.15) is 0 Å². The zero-order valence-electron chi connectivity index (χ0n) is 12.1. The quantitative estimate of drug-likeness (QED) is 0.884. The predicted octanol–water partition coefficient (Wildman–Crippen LogP) is 2.67. The van der Waals surface area contributed by atoms with Crippen molar-refractivity contribution in [3.8, 4) is 0 Å². The van der Waals surface area contributed by atoms with Crippen molar-refractivity contribution >= 4 is 0 Å². The third-order valence-electron chi connectivity index (χ3n) is 5.04. The average molecular weight is 262 g/mol. The predicted molar refractivity (Wildman–Crippen MR) is 77.2 cm³/mol. The molecule has 2 aliphatic rings. The number of hydrogen-bond acceptors (Lipinski definition) is 3. The number of piperidine rings is 1. The maximum absolute atomic E-state index is 5.41. The minimum atomic E-state index is 0.503. The van der Waals surface area contributed by atoms with E-state index in [1.54, 1.807) is 6.26 Å². The molecule has 106 valence electrons. The van der Waals surface area contributed by atoms with Gasteiger partial charge >= 0.3 is 0 Å². The monoisotopic (exact) mass is 262 g/mol. The van der Waals surface area contributed by atoms with E-state index in [1.165, 1.54) is 32.2 Å². The maximum Gasteiger partial charge on any atom is 0.105 e. The molecular weight excluding hydrogens is 236 g/mol. The third kappa shape index (κ3) is 3.03. The SMILES string of the molecule is CC(Cc1ccco1)NCC1CC2CCC(C1)N2C. The van der Waals surface area contributed by atoms with E-state index >= 15 is 0 Å². The Kier molecular flexibility index (Phi) is 3.94. The summed E-state index contributed by atoms with van der Waals surface area (Å²) in [6.45, 7) is 3.43. The van der Waals surface area contributed by atoms with Crippen molar-refractivity contribution in [2.45, 2.75) is 57.2 Å². The summed E-state index contributed by atoms with van der Waals surface area (Å²) in [4.78, 5) is 2.61. The van der Waals surface area contributed by atoms with Gasteiger partial charge in [0.25, 0.3) is 0 Å². The van der Waals surface area contributed by atoms with Crippen LogP contribution < -0.4 is 5.32 Å². The summed E-state index contributed by atoms with van der Waals surface area (Å²) >= 11 is 0. The molecule has 3 unspecified atom stereocenters. The van der Waals surface area contributed by atoms with Crippen LogP contribution in [0.25, 0.3) is 0 Å². The summed E-state index contributed by atoms with van der Waals surface area (Å²) in [5.41, 5.74) is 0. The van der Waals surface area contributed by atoms with Gasteiger partial charge in [-0.3, -0.25) is 0 Å². The van der Waals surface area contributed by atoms with Gasteiger partial charge in [0.15, 0.2) is 0 Å². The highest BCUT2D eigenvalue weighted by Crippen LogP contribution is 2.37. The molecule has 0 saturated carbocycles. The molecule has 3 nitrogen and oxygen atoms in total. The van der Waals surface area contributed by atoms with Crippen molar-refractivity contribution in [3.63, 3.8) is 0 Å². The highest BCUT2D eigenvalue weighted by molar-refractivity contribution is 5.00. The van der Waals surface area contributed by atoms with E-state index in [0.29, 0.717) is 6.04 Å². The Morgan fingerprint density at radius 1 is 1.37 bits per heavy atom. The lowest BCUT2D eigenvalue weighted by Crippen LogP contribution is -2.43. The van der Waals surface area contributed by atoms with Gasteiger partial charge in [0.2, 0.25) is 0 Å². The minimum absolute atomic E-state index is 0.503. The topological polar surface area (TPSA) is 28.4 Å². The summed E-state index contributed by atoms with van der Waals surface area (Å²) in [6.07, 6.45) is 8.35. The van der Waals surface area contributed by atoms with E-state index in [2.05, 4.69) is 30.3 Å². The van der Waals surface area contributed by atoms with Crippen molar-refractivity contribution in [1.29, 1.82) is 0 Å². The number of hydrogen-bond donors (Lipinski definition) is 1. The zero-order valence-corrected chi connectivity index (χ0v) is 12.1. The molecule has 0 radical (unpaired) electrons. The van der Waals surface area contributed by atoms with Crippen LogP contribution in [-0.4, -0.2) is 36.6 Å². The highest BCUT2D eigenvalue weighted by Gasteiger charge is 2.38. The maximum atomic E-state index is 5.41. The van der Waals surface area contributed by atoms with Crippen LogP contribution in [0.1, 0.15) is 38.4 Å². The smallest absolute Gasteiger partial charge is 0.105 e. The van der Waals surface area contributed by atoms with Crippen LogP contribution in [0.4, 0.5) is 0 Å². The third-order valence-corrected chi connectivity index (χ3v) is 5.04. The standard InChI is InChI=1S/C16H26N2O/c1-12(8-16-4-3-7-19-16)17-11-13-9-14-5-6-15(10-13)18(14)2/h3-4,7,12-15,17H,5-6,8-11H2,1-2H3. The molecule has 3 heteroatoms. The van der Waals surface area contributed by atoms with Gasteiger partial charge < -0.3 is 14.6 Å². The first-order valence-corrected chi connectivity index (χ1v) is 7.70. The molecule has 2 bridgehead atoms. The Morgan fingerprint density at radius 3 is 2.74 bits per heavy atom. The molecule has 2 fully saturated rings. The molecule has 1 N–H and O–H groups in total. The summed E-state index contributed by atoms with van der Waals surface area (Å²) < 4.78 is 5.41. The molecule has 3 rings (SSSR count). The zero-order chi connectivity index (χ0) is 13.2. The van der Waals surface area contributed by atoms with Crippen molar-refractivity contribution in [1.82, 2.24) is 10.2 Å². The Morgan fingerprint density at radius 2 is 2.11 bits per heavy atom. The molecule has 2 saturated heterocycles. The molecular formula is C16H26N2O. The van der Waals surface area contributed by atoms with E-state index in [4.69, 9.17) is 4.42 Å². The summed E-state index contributed by atoms with van der Waals surface area (Å²) in [5.74, 6) is 1.95. The lowest BCUT2D eigenvalue weighted by atomic mass is 9.91. The molecule has 0 spiro atoms. The van der Waals surface area contributed by atoms with Gasteiger partial charge in [-0.1, -0.05) is 0 Å². The second-order valence-corrected chi connectivity index (χ2v) is 6.48. The second-order valence-electron chi connectivity index (χ2n) is 6.48. The van der Waals surface area contributed by atoms with Crippen molar-refractivity contribution in [2.24, 2.45) is 5.92 Å². The molecule has 19 heavy (non-hydrogen) atoms. The van der Waals surface area contributed by atoms with E-state index in [1.807, 2.05) is 6.07 Å². The number of furan rings is 1. The first kappa shape index (κ1) is 13.2. The first-order chi connectivity index (χ1) is 9.22. The number of fused-ring (bicyclic) bond motifs is 2. The van der Waals surface area contributed by atoms with Crippen LogP contribution in [0, 0.1) is 5.92 Å². The van der Waals surface area contributed by atoms with E-state index in [9.17, 15) is 0 Å². The van der Waals surface area contributed by atoms with Crippen LogP contribution >= 0.6 is 0 Å². The Balaban J connectivity index is 1.43. The fourth-order valence-electron chi connectivity index (χ4n) is 3.86. The molecule has 3 atom stereocenters. The summed E-state index contributed by atoms with van der Waals surface area (Å²) in [5, 5.41) is 3.70. The van der Waals surface area contributed by atoms with Gasteiger partial charge in [-0.25, -0.2) is 0 Å². The molecule has 1 aromatic heterocycles. The average Bonchev–Trinajstić information content (AvgIpc) is 2.94. The Hall–Kier alpha value is -0.800. The molecule has 0 aromatic carbocycles. The van der Waals surface area contributed by atoms with Gasteiger partial charge in [-0.15, -0.1) is 0 Å². The van der Waals surface area contributed by atoms with Crippen molar-refractivity contribution in [2.75, 3.05) is 13.6 Å². The number of nitrogens with zero attached hydrogens (tertiary/aromatic N) is 1. The van der Waals surface area contributed by atoms with E-state index in [-0.39, 0.29) is 0 Å². The fraction of sp³-hybridized carbons (Fsp3) is 0.750. The molecule has 3 heterocycles. The van der Waals surface area contributed by atoms with Gasteiger partial charge in [-0.05, 0) is 64.3 Å². The lowest BCUT2D eigenvalue weighted by Gasteiger charge is -2.36. The van der Waals surface area contributed by atoms with Crippen LogP contribution in [0.3, 0.4) is 0 Å². The van der Waals surface area contributed by atoms with Crippen molar-refractivity contribution < 1.29 is 4.42 Å².